The number of nitrogens with zero attached hydrogens (tertiary/aromatic N) is 1. The minimum Gasteiger partial charge on any atom is -0.466 e. The van der Waals surface area contributed by atoms with E-state index in [0.29, 0.717) is 13.2 Å². The summed E-state index contributed by atoms with van der Waals surface area (Å²) in [4.78, 5) is 13.6. The van der Waals surface area contributed by atoms with Gasteiger partial charge in [-0.1, -0.05) is 5.92 Å². The van der Waals surface area contributed by atoms with Gasteiger partial charge in [0, 0.05) is 6.54 Å². The highest BCUT2D eigenvalue weighted by molar-refractivity contribution is 5.72. The number of hydrogen-bond donors (Lipinski definition) is 0. The molecule has 1 saturated heterocycles. The van der Waals surface area contributed by atoms with Gasteiger partial charge in [0.15, 0.2) is 0 Å². The van der Waals surface area contributed by atoms with Crippen LogP contribution in [0.5, 0.6) is 0 Å². The van der Waals surface area contributed by atoms with Crippen LogP contribution in [-0.2, 0) is 9.53 Å². The summed E-state index contributed by atoms with van der Waals surface area (Å²) >= 11 is 0. The second kappa shape index (κ2) is 5.66. The summed E-state index contributed by atoms with van der Waals surface area (Å²) in [5.74, 6) is 2.55. The predicted molar refractivity (Wildman–Crippen MR) is 54.6 cm³/mol. The lowest BCUT2D eigenvalue weighted by molar-refractivity contribution is -0.149. The quantitative estimate of drug-likeness (QED) is 0.495. The van der Waals surface area contributed by atoms with E-state index in [-0.39, 0.29) is 11.9 Å². The number of terminal acetylenes is 1. The summed E-state index contributed by atoms with van der Waals surface area (Å²) in [5.41, 5.74) is 0. The topological polar surface area (TPSA) is 29.5 Å². The van der Waals surface area contributed by atoms with Crippen molar-refractivity contribution in [2.75, 3.05) is 26.2 Å². The Hall–Kier alpha value is -1.01. The van der Waals surface area contributed by atoms with Crippen LogP contribution in [0.25, 0.3) is 0 Å². The molecule has 3 heteroatoms. The zero-order valence-electron chi connectivity index (χ0n) is 8.66. The van der Waals surface area contributed by atoms with Crippen LogP contribution >= 0.6 is 0 Å². The first kappa shape index (κ1) is 11.1. The number of esters is 1. The molecule has 0 aromatic rings. The maximum atomic E-state index is 11.4. The standard InChI is InChI=1S/C11H17NO2/c1-3-7-12-8-5-6-10(9-12)11(13)14-4-2/h1,10H,4-9H2,2H3/t10-/m1/s1. The molecule has 0 amide bonds. The third kappa shape index (κ3) is 3.04. The van der Waals surface area contributed by atoms with E-state index in [9.17, 15) is 4.79 Å². The van der Waals surface area contributed by atoms with Gasteiger partial charge < -0.3 is 4.74 Å². The molecule has 0 bridgehead atoms. The van der Waals surface area contributed by atoms with Crippen molar-refractivity contribution in [2.24, 2.45) is 5.92 Å². The lowest BCUT2D eigenvalue weighted by atomic mass is 9.98. The first-order valence-corrected chi connectivity index (χ1v) is 5.10. The SMILES string of the molecule is C#CCN1CCC[C@@H](C(=O)OCC)C1. The maximum Gasteiger partial charge on any atom is 0.310 e. The molecule has 0 spiro atoms. The molecule has 3 nitrogen and oxygen atoms in total. The molecule has 0 aromatic carbocycles. The lowest BCUT2D eigenvalue weighted by Gasteiger charge is -2.29. The van der Waals surface area contributed by atoms with Crippen molar-refractivity contribution in [3.8, 4) is 12.3 Å². The van der Waals surface area contributed by atoms with E-state index < -0.39 is 0 Å². The van der Waals surface area contributed by atoms with Crippen LogP contribution in [0, 0.1) is 18.3 Å². The van der Waals surface area contributed by atoms with Crippen LogP contribution in [0.4, 0.5) is 0 Å². The fourth-order valence-corrected chi connectivity index (χ4v) is 1.78. The van der Waals surface area contributed by atoms with Crippen LogP contribution in [0.3, 0.4) is 0 Å². The van der Waals surface area contributed by atoms with E-state index in [0.717, 1.165) is 25.9 Å². The Balaban J connectivity index is 2.40. The molecule has 1 aliphatic rings. The molecule has 0 saturated carbocycles. The number of ether oxygens (including phenoxy) is 1. The molecule has 1 rings (SSSR count). The van der Waals surface area contributed by atoms with Crippen molar-refractivity contribution in [2.45, 2.75) is 19.8 Å². The average Bonchev–Trinajstić information content (AvgIpc) is 2.19. The fourth-order valence-electron chi connectivity index (χ4n) is 1.78. The third-order valence-electron chi connectivity index (χ3n) is 2.44. The largest absolute Gasteiger partial charge is 0.466 e. The van der Waals surface area contributed by atoms with Crippen LogP contribution in [0.2, 0.25) is 0 Å². The molecule has 0 aromatic heterocycles. The molecule has 1 fully saturated rings. The van der Waals surface area contributed by atoms with Crippen molar-refractivity contribution in [1.29, 1.82) is 0 Å². The van der Waals surface area contributed by atoms with Crippen LogP contribution in [0.15, 0.2) is 0 Å². The van der Waals surface area contributed by atoms with Gasteiger partial charge in [-0.3, -0.25) is 9.69 Å². The highest BCUT2D eigenvalue weighted by Crippen LogP contribution is 2.17. The van der Waals surface area contributed by atoms with Crippen LogP contribution in [-0.4, -0.2) is 37.1 Å². The lowest BCUT2D eigenvalue weighted by Crippen LogP contribution is -2.39. The molecule has 0 N–H and O–H groups in total. The Labute approximate surface area is 85.4 Å². The second-order valence-corrected chi connectivity index (χ2v) is 3.53. The highest BCUT2D eigenvalue weighted by Gasteiger charge is 2.25. The number of carbonyl (C=O) groups excluding carboxylic acids is 1. The Bertz CT molecular complexity index is 232. The van der Waals surface area contributed by atoms with Gasteiger partial charge in [-0.05, 0) is 26.3 Å². The Morgan fingerprint density at radius 1 is 1.71 bits per heavy atom. The molecule has 1 aliphatic heterocycles. The average molecular weight is 195 g/mol. The molecule has 0 aliphatic carbocycles. The first-order chi connectivity index (χ1) is 6.77. The van der Waals surface area contributed by atoms with E-state index in [1.807, 2.05) is 6.92 Å². The first-order valence-electron chi connectivity index (χ1n) is 5.10. The summed E-state index contributed by atoms with van der Waals surface area (Å²) in [6.07, 6.45) is 7.20. The smallest absolute Gasteiger partial charge is 0.310 e. The predicted octanol–water partition coefficient (Wildman–Crippen LogP) is 0.895. The number of rotatable bonds is 3. The minimum atomic E-state index is -0.0748. The van der Waals surface area contributed by atoms with Gasteiger partial charge in [0.05, 0.1) is 19.1 Å². The molecule has 1 atom stereocenters. The second-order valence-electron chi connectivity index (χ2n) is 3.53. The summed E-state index contributed by atoms with van der Waals surface area (Å²) in [6.45, 7) is 4.68. The monoisotopic (exact) mass is 195 g/mol. The van der Waals surface area contributed by atoms with Crippen molar-refractivity contribution in [1.82, 2.24) is 4.90 Å². The van der Waals surface area contributed by atoms with Gasteiger partial charge >= 0.3 is 5.97 Å². The normalized spacial score (nSPS) is 22.7. The number of hydrogen-bond acceptors (Lipinski definition) is 3. The van der Waals surface area contributed by atoms with Gasteiger partial charge in [-0.15, -0.1) is 6.42 Å². The molecule has 78 valence electrons. The van der Waals surface area contributed by atoms with E-state index in [2.05, 4.69) is 10.8 Å². The van der Waals surface area contributed by atoms with Gasteiger partial charge in [-0.25, -0.2) is 0 Å². The fraction of sp³-hybridized carbons (Fsp3) is 0.727. The molecule has 14 heavy (non-hydrogen) atoms. The molecule has 0 unspecified atom stereocenters. The minimum absolute atomic E-state index is 0.0250. The Morgan fingerprint density at radius 3 is 3.14 bits per heavy atom. The van der Waals surface area contributed by atoms with Crippen molar-refractivity contribution < 1.29 is 9.53 Å². The number of carbonyl (C=O) groups is 1. The molecule has 1 heterocycles. The van der Waals surface area contributed by atoms with Gasteiger partial charge in [0.2, 0.25) is 0 Å². The summed E-state index contributed by atoms with van der Waals surface area (Å²) in [7, 11) is 0. The number of piperidine rings is 1. The van der Waals surface area contributed by atoms with Gasteiger partial charge in [0.25, 0.3) is 0 Å². The van der Waals surface area contributed by atoms with Crippen molar-refractivity contribution >= 4 is 5.97 Å². The van der Waals surface area contributed by atoms with Crippen molar-refractivity contribution in [3.05, 3.63) is 0 Å². The number of likely N-dealkylation sites (tertiary alicyclic amines) is 1. The van der Waals surface area contributed by atoms with Crippen LogP contribution in [0.1, 0.15) is 19.8 Å². The zero-order chi connectivity index (χ0) is 10.4. The summed E-state index contributed by atoms with van der Waals surface area (Å²) in [6, 6.07) is 0. The van der Waals surface area contributed by atoms with Crippen LogP contribution < -0.4 is 0 Å². The summed E-state index contributed by atoms with van der Waals surface area (Å²) < 4.78 is 4.99. The Morgan fingerprint density at radius 2 is 2.50 bits per heavy atom. The van der Waals surface area contributed by atoms with Crippen molar-refractivity contribution in [3.63, 3.8) is 0 Å². The Kier molecular flexibility index (Phi) is 4.48. The maximum absolute atomic E-state index is 11.4. The highest BCUT2D eigenvalue weighted by atomic mass is 16.5. The molecular weight excluding hydrogens is 178 g/mol. The van der Waals surface area contributed by atoms with E-state index in [4.69, 9.17) is 11.2 Å². The third-order valence-corrected chi connectivity index (χ3v) is 2.44. The zero-order valence-corrected chi connectivity index (χ0v) is 8.66. The van der Waals surface area contributed by atoms with Gasteiger partial charge in [-0.2, -0.15) is 0 Å². The van der Waals surface area contributed by atoms with Gasteiger partial charge in [0.1, 0.15) is 0 Å². The molecular formula is C11H17NO2. The van der Waals surface area contributed by atoms with E-state index >= 15 is 0 Å². The molecule has 0 radical (unpaired) electrons. The van der Waals surface area contributed by atoms with E-state index in [1.54, 1.807) is 0 Å². The van der Waals surface area contributed by atoms with E-state index in [1.165, 1.54) is 0 Å². The summed E-state index contributed by atoms with van der Waals surface area (Å²) in [5, 5.41) is 0.